The zero-order valence-electron chi connectivity index (χ0n) is 14.4. The Hall–Kier alpha value is -2.79. The smallest absolute Gasteiger partial charge is 0.230 e. The van der Waals surface area contributed by atoms with Crippen LogP contribution in [-0.2, 0) is 6.54 Å². The number of H-pyrrole nitrogens is 1. The zero-order valence-corrected chi connectivity index (χ0v) is 15.9. The zero-order chi connectivity index (χ0) is 18.2. The van der Waals surface area contributed by atoms with Crippen LogP contribution in [0.15, 0.2) is 29.0 Å². The van der Waals surface area contributed by atoms with Crippen LogP contribution in [0.5, 0.6) is 0 Å². The largest absolute Gasteiger partial charge is 0.347 e. The maximum Gasteiger partial charge on any atom is 0.230 e. The molecule has 0 unspecified atom stereocenters. The van der Waals surface area contributed by atoms with Crippen LogP contribution in [0.25, 0.3) is 16.8 Å². The quantitative estimate of drug-likeness (QED) is 0.444. The van der Waals surface area contributed by atoms with E-state index in [9.17, 15) is 0 Å². The highest BCUT2D eigenvalue weighted by atomic mass is 79.9. The molecule has 1 fully saturated rings. The molecule has 1 aliphatic rings. The van der Waals surface area contributed by atoms with E-state index < -0.39 is 0 Å². The van der Waals surface area contributed by atoms with E-state index in [0.717, 1.165) is 47.6 Å². The molecule has 0 atom stereocenters. The van der Waals surface area contributed by atoms with Crippen LogP contribution in [-0.4, -0.2) is 60.7 Å². The summed E-state index contributed by atoms with van der Waals surface area (Å²) >= 11 is 3.52. The van der Waals surface area contributed by atoms with Gasteiger partial charge in [-0.25, -0.2) is 9.97 Å². The van der Waals surface area contributed by atoms with E-state index in [0.29, 0.717) is 24.1 Å². The van der Waals surface area contributed by atoms with Crippen LogP contribution in [0.4, 0.5) is 11.9 Å². The van der Waals surface area contributed by atoms with Crippen molar-refractivity contribution in [2.45, 2.75) is 6.54 Å². The van der Waals surface area contributed by atoms with Crippen molar-refractivity contribution in [1.29, 1.82) is 0 Å². The Morgan fingerprint density at radius 3 is 2.93 bits per heavy atom. The maximum atomic E-state index is 4.71. The first-order valence-corrected chi connectivity index (χ1v) is 9.48. The molecular formula is C16H17BrN10. The Morgan fingerprint density at radius 1 is 1.19 bits per heavy atom. The Morgan fingerprint density at radius 2 is 2.07 bits per heavy atom. The number of imidazole rings is 1. The molecule has 1 saturated heterocycles. The Kier molecular flexibility index (Phi) is 4.09. The molecule has 5 rings (SSSR count). The van der Waals surface area contributed by atoms with Gasteiger partial charge in [0.05, 0.1) is 22.7 Å². The highest BCUT2D eigenvalue weighted by Crippen LogP contribution is 2.22. The number of hydrogen-bond donors (Lipinski definition) is 3. The van der Waals surface area contributed by atoms with Crippen LogP contribution in [0.1, 0.15) is 5.82 Å². The van der Waals surface area contributed by atoms with Gasteiger partial charge in [0.15, 0.2) is 11.3 Å². The predicted molar refractivity (Wildman–Crippen MR) is 105 cm³/mol. The van der Waals surface area contributed by atoms with Crippen molar-refractivity contribution in [2.24, 2.45) is 0 Å². The minimum atomic E-state index is 0.473. The molecule has 0 amide bonds. The van der Waals surface area contributed by atoms with E-state index in [4.69, 9.17) is 4.98 Å². The lowest BCUT2D eigenvalue weighted by atomic mass is 10.4. The van der Waals surface area contributed by atoms with Crippen molar-refractivity contribution in [2.75, 3.05) is 36.4 Å². The van der Waals surface area contributed by atoms with Gasteiger partial charge in [0, 0.05) is 32.4 Å². The summed E-state index contributed by atoms with van der Waals surface area (Å²) in [6.07, 6.45) is 3.46. The molecule has 3 N–H and O–H groups in total. The summed E-state index contributed by atoms with van der Waals surface area (Å²) in [6.45, 7) is 4.06. The first kappa shape index (κ1) is 16.4. The van der Waals surface area contributed by atoms with Crippen LogP contribution < -0.4 is 15.5 Å². The van der Waals surface area contributed by atoms with Crippen molar-refractivity contribution in [3.05, 3.63) is 34.8 Å². The molecular weight excluding hydrogens is 412 g/mol. The molecule has 0 bridgehead atoms. The number of aromatic nitrogens is 7. The number of halogens is 1. The minimum absolute atomic E-state index is 0.473. The first-order valence-electron chi connectivity index (χ1n) is 8.68. The third-order valence-corrected chi connectivity index (χ3v) is 4.99. The minimum Gasteiger partial charge on any atom is -0.347 e. The molecule has 0 saturated carbocycles. The van der Waals surface area contributed by atoms with Gasteiger partial charge in [0.2, 0.25) is 11.9 Å². The van der Waals surface area contributed by atoms with Gasteiger partial charge in [-0.05, 0) is 28.1 Å². The van der Waals surface area contributed by atoms with Gasteiger partial charge < -0.3 is 20.5 Å². The van der Waals surface area contributed by atoms with Gasteiger partial charge in [-0.1, -0.05) is 0 Å². The summed E-state index contributed by atoms with van der Waals surface area (Å²) in [7, 11) is 0. The van der Waals surface area contributed by atoms with Gasteiger partial charge in [0.1, 0.15) is 5.82 Å². The molecule has 0 spiro atoms. The van der Waals surface area contributed by atoms with E-state index in [1.165, 1.54) is 0 Å². The number of nitrogens with one attached hydrogen (secondary N) is 3. The van der Waals surface area contributed by atoms with E-state index >= 15 is 0 Å². The third kappa shape index (κ3) is 3.08. The Balaban J connectivity index is 1.47. The average molecular weight is 429 g/mol. The van der Waals surface area contributed by atoms with E-state index in [1.54, 1.807) is 16.9 Å². The molecule has 4 aromatic heterocycles. The number of anilines is 2. The van der Waals surface area contributed by atoms with Crippen molar-refractivity contribution >= 4 is 44.6 Å². The Bertz CT molecular complexity index is 1060. The fraction of sp³-hybridized carbons (Fsp3) is 0.312. The molecule has 0 aromatic carbocycles. The maximum absolute atomic E-state index is 4.71. The third-order valence-electron chi connectivity index (χ3n) is 4.43. The monoisotopic (exact) mass is 428 g/mol. The Labute approximate surface area is 162 Å². The topological polar surface area (TPSA) is 112 Å². The van der Waals surface area contributed by atoms with Gasteiger partial charge in [0.25, 0.3) is 0 Å². The second-order valence-corrected chi connectivity index (χ2v) is 7.08. The number of fused-ring (bicyclic) bond motifs is 2. The molecule has 27 heavy (non-hydrogen) atoms. The SMILES string of the molecule is Brc1cnn2c(NCc3nc4ncccc4[nH]3)nc(N3CCNCC3)nc12. The molecule has 1 aliphatic heterocycles. The van der Waals surface area contributed by atoms with Gasteiger partial charge in [-0.2, -0.15) is 19.6 Å². The molecule has 11 heteroatoms. The predicted octanol–water partition coefficient (Wildman–Crippen LogP) is 1.18. The lowest BCUT2D eigenvalue weighted by Crippen LogP contribution is -2.44. The van der Waals surface area contributed by atoms with Crippen molar-refractivity contribution in [3.63, 3.8) is 0 Å². The second kappa shape index (κ2) is 6.74. The van der Waals surface area contributed by atoms with Crippen LogP contribution in [0.3, 0.4) is 0 Å². The van der Waals surface area contributed by atoms with Crippen molar-refractivity contribution < 1.29 is 0 Å². The standard InChI is InChI=1S/C16H17BrN10/c17-10-8-21-27-14(10)24-16(26-6-4-18-5-7-26)25-15(27)20-9-12-22-11-2-1-3-19-13(11)23-12/h1-3,8,18H,4-7,9H2,(H,19,22,23)(H,20,24,25). The fourth-order valence-corrected chi connectivity index (χ4v) is 3.45. The molecule has 0 radical (unpaired) electrons. The second-order valence-electron chi connectivity index (χ2n) is 6.22. The summed E-state index contributed by atoms with van der Waals surface area (Å²) < 4.78 is 2.52. The van der Waals surface area contributed by atoms with Crippen LogP contribution in [0.2, 0.25) is 0 Å². The summed E-state index contributed by atoms with van der Waals surface area (Å²) in [5.74, 6) is 2.09. The van der Waals surface area contributed by atoms with E-state index in [1.807, 2.05) is 12.1 Å². The first-order chi connectivity index (χ1) is 13.3. The molecule has 5 heterocycles. The van der Waals surface area contributed by atoms with Crippen LogP contribution >= 0.6 is 15.9 Å². The summed E-state index contributed by atoms with van der Waals surface area (Å²) in [5, 5.41) is 11.0. The highest BCUT2D eigenvalue weighted by Gasteiger charge is 2.18. The van der Waals surface area contributed by atoms with Crippen molar-refractivity contribution in [3.8, 4) is 0 Å². The molecule has 0 aliphatic carbocycles. The van der Waals surface area contributed by atoms with E-state index in [2.05, 4.69) is 56.5 Å². The van der Waals surface area contributed by atoms with Gasteiger partial charge in [-0.3, -0.25) is 0 Å². The van der Waals surface area contributed by atoms with E-state index in [-0.39, 0.29) is 0 Å². The summed E-state index contributed by atoms with van der Waals surface area (Å²) in [4.78, 5) is 23.6. The molecule has 10 nitrogen and oxygen atoms in total. The van der Waals surface area contributed by atoms with Crippen LogP contribution in [0, 0.1) is 0 Å². The highest BCUT2D eigenvalue weighted by molar-refractivity contribution is 9.10. The number of hydrogen-bond acceptors (Lipinski definition) is 8. The fourth-order valence-electron chi connectivity index (χ4n) is 3.10. The summed E-state index contributed by atoms with van der Waals surface area (Å²) in [5.41, 5.74) is 2.34. The lowest BCUT2D eigenvalue weighted by molar-refractivity contribution is 0.579. The number of pyridine rings is 1. The number of rotatable bonds is 4. The lowest BCUT2D eigenvalue weighted by Gasteiger charge is -2.27. The summed E-state index contributed by atoms with van der Waals surface area (Å²) in [6, 6.07) is 3.83. The number of aromatic amines is 1. The molecule has 4 aromatic rings. The number of piperazine rings is 1. The van der Waals surface area contributed by atoms with Gasteiger partial charge >= 0.3 is 0 Å². The molecule has 138 valence electrons. The van der Waals surface area contributed by atoms with Crippen molar-refractivity contribution in [1.82, 2.24) is 39.9 Å². The normalized spacial score (nSPS) is 14.9. The van der Waals surface area contributed by atoms with Gasteiger partial charge in [-0.15, -0.1) is 0 Å². The average Bonchev–Trinajstić information content (AvgIpc) is 3.30. The number of nitrogens with zero attached hydrogens (tertiary/aromatic N) is 7.